The summed E-state index contributed by atoms with van der Waals surface area (Å²) in [4.78, 5) is 22.2. The smallest absolute Gasteiger partial charge is 0.315 e. The van der Waals surface area contributed by atoms with Gasteiger partial charge >= 0.3 is 12.0 Å². The van der Waals surface area contributed by atoms with Gasteiger partial charge in [-0.2, -0.15) is 0 Å². The molecule has 0 aromatic heterocycles. The molecule has 0 aromatic rings. The van der Waals surface area contributed by atoms with Gasteiger partial charge < -0.3 is 20.5 Å². The van der Waals surface area contributed by atoms with Gasteiger partial charge in [-0.05, 0) is 25.7 Å². The molecule has 2 atom stereocenters. The molecule has 17 heavy (non-hydrogen) atoms. The molecule has 3 N–H and O–H groups in total. The number of urea groups is 1. The first kappa shape index (κ1) is 13.8. The van der Waals surface area contributed by atoms with Crippen LogP contribution in [0.3, 0.4) is 0 Å². The summed E-state index contributed by atoms with van der Waals surface area (Å²) in [6.45, 7) is 1.18. The van der Waals surface area contributed by atoms with Gasteiger partial charge in [-0.15, -0.1) is 0 Å². The van der Waals surface area contributed by atoms with Crippen LogP contribution in [0.4, 0.5) is 4.79 Å². The molecule has 98 valence electrons. The first-order chi connectivity index (χ1) is 8.13. The Morgan fingerprint density at radius 2 is 2.18 bits per heavy atom. The highest BCUT2D eigenvalue weighted by Gasteiger charge is 2.30. The Labute approximate surface area is 101 Å². The minimum Gasteiger partial charge on any atom is -0.481 e. The van der Waals surface area contributed by atoms with Crippen molar-refractivity contribution in [3.05, 3.63) is 0 Å². The highest BCUT2D eigenvalue weighted by atomic mass is 16.5. The number of carbonyl (C=O) groups is 2. The Kier molecular flexibility index (Phi) is 5.76. The molecular formula is C11H20N2O4. The zero-order valence-electron chi connectivity index (χ0n) is 10.1. The maximum atomic E-state index is 11.4. The molecule has 1 rings (SSSR count). The van der Waals surface area contributed by atoms with Crippen LogP contribution >= 0.6 is 0 Å². The van der Waals surface area contributed by atoms with Crippen molar-refractivity contribution in [1.29, 1.82) is 0 Å². The van der Waals surface area contributed by atoms with E-state index in [2.05, 4.69) is 10.6 Å². The second kappa shape index (κ2) is 7.11. The largest absolute Gasteiger partial charge is 0.481 e. The summed E-state index contributed by atoms with van der Waals surface area (Å²) in [7, 11) is 1.62. The van der Waals surface area contributed by atoms with Crippen LogP contribution in [0.1, 0.15) is 25.7 Å². The molecule has 6 nitrogen and oxygen atoms in total. The van der Waals surface area contributed by atoms with Gasteiger partial charge in [-0.1, -0.05) is 0 Å². The molecule has 0 spiro atoms. The van der Waals surface area contributed by atoms with Gasteiger partial charge in [-0.25, -0.2) is 4.79 Å². The van der Waals surface area contributed by atoms with Crippen molar-refractivity contribution in [3.63, 3.8) is 0 Å². The molecular weight excluding hydrogens is 224 g/mol. The molecule has 0 aromatic carbocycles. The molecule has 0 saturated heterocycles. The molecule has 0 heterocycles. The van der Waals surface area contributed by atoms with Gasteiger partial charge in [0.25, 0.3) is 0 Å². The van der Waals surface area contributed by atoms with Crippen LogP contribution in [-0.4, -0.2) is 43.4 Å². The van der Waals surface area contributed by atoms with E-state index in [0.29, 0.717) is 26.0 Å². The van der Waals surface area contributed by atoms with Crippen LogP contribution in [0.5, 0.6) is 0 Å². The van der Waals surface area contributed by atoms with Gasteiger partial charge in [0.2, 0.25) is 0 Å². The fraction of sp³-hybridized carbons (Fsp3) is 0.818. The third-order valence-electron chi connectivity index (χ3n) is 2.93. The first-order valence-electron chi connectivity index (χ1n) is 5.89. The third-order valence-corrected chi connectivity index (χ3v) is 2.93. The molecule has 1 aliphatic carbocycles. The summed E-state index contributed by atoms with van der Waals surface area (Å²) >= 11 is 0. The average Bonchev–Trinajstić information content (AvgIpc) is 2.73. The second-order valence-electron chi connectivity index (χ2n) is 4.29. The van der Waals surface area contributed by atoms with Crippen molar-refractivity contribution in [2.75, 3.05) is 20.3 Å². The van der Waals surface area contributed by atoms with Crippen molar-refractivity contribution in [1.82, 2.24) is 10.6 Å². The summed E-state index contributed by atoms with van der Waals surface area (Å²) in [5, 5.41) is 14.3. The summed E-state index contributed by atoms with van der Waals surface area (Å²) in [6.07, 6.45) is 2.68. The normalized spacial score (nSPS) is 23.4. The van der Waals surface area contributed by atoms with E-state index in [9.17, 15) is 9.59 Å². The van der Waals surface area contributed by atoms with Crippen molar-refractivity contribution >= 4 is 12.0 Å². The van der Waals surface area contributed by atoms with Gasteiger partial charge in [0.1, 0.15) is 0 Å². The van der Waals surface area contributed by atoms with Crippen LogP contribution in [0.25, 0.3) is 0 Å². The number of rotatable bonds is 6. The summed E-state index contributed by atoms with van der Waals surface area (Å²) in [5.41, 5.74) is 0. The third kappa shape index (κ3) is 5.04. The van der Waals surface area contributed by atoms with E-state index in [1.54, 1.807) is 7.11 Å². The predicted octanol–water partition coefficient (Wildman–Crippen LogP) is 0.575. The monoisotopic (exact) mass is 244 g/mol. The van der Waals surface area contributed by atoms with Gasteiger partial charge in [0.15, 0.2) is 0 Å². The molecule has 2 amide bonds. The Morgan fingerprint density at radius 3 is 2.76 bits per heavy atom. The minimum absolute atomic E-state index is 0.0153. The lowest BCUT2D eigenvalue weighted by Crippen LogP contribution is -2.41. The number of aliphatic carboxylic acids is 1. The van der Waals surface area contributed by atoms with Crippen molar-refractivity contribution in [2.24, 2.45) is 5.92 Å². The predicted molar refractivity (Wildman–Crippen MR) is 61.8 cm³/mol. The minimum atomic E-state index is -0.769. The number of carbonyl (C=O) groups excluding carboxylic acids is 1. The van der Waals surface area contributed by atoms with E-state index in [-0.39, 0.29) is 18.0 Å². The van der Waals surface area contributed by atoms with Crippen LogP contribution in [-0.2, 0) is 9.53 Å². The van der Waals surface area contributed by atoms with Crippen LogP contribution in [0.15, 0.2) is 0 Å². The molecule has 6 heteroatoms. The molecule has 1 aliphatic rings. The fourth-order valence-corrected chi connectivity index (χ4v) is 1.99. The van der Waals surface area contributed by atoms with Crippen LogP contribution in [0, 0.1) is 5.92 Å². The van der Waals surface area contributed by atoms with E-state index in [1.165, 1.54) is 0 Å². The van der Waals surface area contributed by atoms with Crippen LogP contribution in [0.2, 0.25) is 0 Å². The van der Waals surface area contributed by atoms with Crippen molar-refractivity contribution in [2.45, 2.75) is 31.7 Å². The number of hydrogen-bond donors (Lipinski definition) is 3. The Bertz CT molecular complexity index is 270. The van der Waals surface area contributed by atoms with Crippen LogP contribution < -0.4 is 10.6 Å². The number of hydrogen-bond acceptors (Lipinski definition) is 3. The summed E-state index contributed by atoms with van der Waals surface area (Å²) in [5.74, 6) is -1.08. The molecule has 0 aliphatic heterocycles. The van der Waals surface area contributed by atoms with E-state index in [0.717, 1.165) is 12.8 Å². The maximum Gasteiger partial charge on any atom is 0.315 e. The molecule has 0 bridgehead atoms. The van der Waals surface area contributed by atoms with Crippen molar-refractivity contribution < 1.29 is 19.4 Å². The average molecular weight is 244 g/mol. The highest BCUT2D eigenvalue weighted by molar-refractivity contribution is 5.75. The number of nitrogens with one attached hydrogen (secondary N) is 2. The highest BCUT2D eigenvalue weighted by Crippen LogP contribution is 2.25. The maximum absolute atomic E-state index is 11.4. The van der Waals surface area contributed by atoms with E-state index in [1.807, 2.05) is 0 Å². The zero-order valence-corrected chi connectivity index (χ0v) is 10.1. The van der Waals surface area contributed by atoms with Gasteiger partial charge in [0.05, 0.1) is 5.92 Å². The topological polar surface area (TPSA) is 87.7 Å². The SMILES string of the molecule is COCCCNC(=O)N[C@H]1CC[C@@H](C(=O)O)C1. The van der Waals surface area contributed by atoms with E-state index < -0.39 is 5.97 Å². The summed E-state index contributed by atoms with van der Waals surface area (Å²) in [6, 6.07) is -0.240. The van der Waals surface area contributed by atoms with Gasteiger partial charge in [-0.3, -0.25) is 4.79 Å². The Balaban J connectivity index is 2.13. The van der Waals surface area contributed by atoms with Crippen molar-refractivity contribution in [3.8, 4) is 0 Å². The van der Waals surface area contributed by atoms with E-state index in [4.69, 9.17) is 9.84 Å². The Hall–Kier alpha value is -1.30. The standard InChI is InChI=1S/C11H20N2O4/c1-17-6-2-5-12-11(16)13-9-4-3-8(7-9)10(14)15/h8-9H,2-7H2,1H3,(H,14,15)(H2,12,13,16)/t8-,9+/m1/s1. The lowest BCUT2D eigenvalue weighted by molar-refractivity contribution is -0.141. The first-order valence-corrected chi connectivity index (χ1v) is 5.89. The molecule has 0 unspecified atom stereocenters. The number of amides is 2. The second-order valence-corrected chi connectivity index (χ2v) is 4.29. The molecule has 0 radical (unpaired) electrons. The number of ether oxygens (including phenoxy) is 1. The number of carboxylic acids is 1. The number of carboxylic acid groups (broad SMARTS) is 1. The molecule has 1 saturated carbocycles. The fourth-order valence-electron chi connectivity index (χ4n) is 1.99. The number of methoxy groups -OCH3 is 1. The lowest BCUT2D eigenvalue weighted by Gasteiger charge is -2.13. The lowest BCUT2D eigenvalue weighted by atomic mass is 10.1. The van der Waals surface area contributed by atoms with E-state index >= 15 is 0 Å². The summed E-state index contributed by atoms with van der Waals surface area (Å²) < 4.78 is 4.86. The Morgan fingerprint density at radius 1 is 1.41 bits per heavy atom. The van der Waals surface area contributed by atoms with Gasteiger partial charge in [0, 0.05) is 26.3 Å². The molecule has 1 fully saturated rings. The quantitative estimate of drug-likeness (QED) is 0.596. The zero-order chi connectivity index (χ0) is 12.7.